The topological polar surface area (TPSA) is 51.2 Å². The Morgan fingerprint density at radius 2 is 2.23 bits per heavy atom. The van der Waals surface area contributed by atoms with Crippen molar-refractivity contribution in [3.63, 3.8) is 0 Å². The lowest BCUT2D eigenvalue weighted by Gasteiger charge is -2.19. The van der Waals surface area contributed by atoms with Crippen molar-refractivity contribution in [2.45, 2.75) is 19.3 Å². The highest BCUT2D eigenvalue weighted by atomic mass is 32.2. The van der Waals surface area contributed by atoms with Gasteiger partial charge >= 0.3 is 0 Å². The molecule has 1 unspecified atom stereocenters. The Hall–Kier alpha value is -0.820. The molecule has 0 radical (unpaired) electrons. The van der Waals surface area contributed by atoms with Crippen LogP contribution in [0.4, 0.5) is 0 Å². The second-order valence-electron chi connectivity index (χ2n) is 3.27. The van der Waals surface area contributed by atoms with Crippen LogP contribution in [0.3, 0.4) is 0 Å². The van der Waals surface area contributed by atoms with E-state index in [1.165, 1.54) is 0 Å². The van der Waals surface area contributed by atoms with Crippen molar-refractivity contribution in [2.75, 3.05) is 11.5 Å². The van der Waals surface area contributed by atoms with Crippen LogP contribution < -0.4 is 0 Å². The predicted molar refractivity (Wildman–Crippen MR) is 49.8 cm³/mol. The van der Waals surface area contributed by atoms with Gasteiger partial charge in [-0.2, -0.15) is 0 Å². The van der Waals surface area contributed by atoms with E-state index in [0.717, 1.165) is 12.8 Å². The molecule has 0 amide bonds. The number of hydrogen-bond donors (Lipinski definition) is 0. The van der Waals surface area contributed by atoms with Crippen molar-refractivity contribution >= 4 is 16.1 Å². The molecular formula is C9H12O3S. The normalized spacial score (nSPS) is 25.7. The first-order chi connectivity index (χ1) is 6.14. The van der Waals surface area contributed by atoms with E-state index in [0.29, 0.717) is 18.5 Å². The average Bonchev–Trinajstić information content (AvgIpc) is 2.03. The zero-order valence-corrected chi connectivity index (χ0v) is 8.14. The van der Waals surface area contributed by atoms with E-state index in [4.69, 9.17) is 0 Å². The van der Waals surface area contributed by atoms with Crippen LogP contribution in [-0.2, 0) is 14.6 Å². The summed E-state index contributed by atoms with van der Waals surface area (Å²) in [5.41, 5.74) is 0. The van der Waals surface area contributed by atoms with Gasteiger partial charge in [0.05, 0.1) is 11.5 Å². The molecule has 3 nitrogen and oxygen atoms in total. The van der Waals surface area contributed by atoms with E-state index < -0.39 is 9.84 Å². The molecule has 4 heteroatoms. The maximum Gasteiger partial charge on any atom is 0.192 e. The molecule has 0 aromatic rings. The molecule has 1 saturated heterocycles. The minimum atomic E-state index is -2.83. The first-order valence-electron chi connectivity index (χ1n) is 4.26. The quantitative estimate of drug-likeness (QED) is 0.455. The molecule has 0 N–H and O–H groups in total. The first kappa shape index (κ1) is 10.3. The third-order valence-electron chi connectivity index (χ3n) is 2.11. The Morgan fingerprint density at radius 1 is 1.46 bits per heavy atom. The zero-order valence-electron chi connectivity index (χ0n) is 7.32. The molecule has 72 valence electrons. The van der Waals surface area contributed by atoms with Gasteiger partial charge in [-0.05, 0) is 24.7 Å². The van der Waals surface area contributed by atoms with E-state index in [-0.39, 0.29) is 11.7 Å². The molecule has 1 heterocycles. The van der Waals surface area contributed by atoms with Crippen LogP contribution in [0.1, 0.15) is 19.3 Å². The third-order valence-corrected chi connectivity index (χ3v) is 4.00. The van der Waals surface area contributed by atoms with E-state index in [1.54, 1.807) is 0 Å². The summed E-state index contributed by atoms with van der Waals surface area (Å²) in [6.07, 6.45) is 2.71. The lowest BCUT2D eigenvalue weighted by molar-refractivity contribution is -0.103. The highest BCUT2D eigenvalue weighted by molar-refractivity contribution is 7.91. The molecule has 0 aromatic carbocycles. The summed E-state index contributed by atoms with van der Waals surface area (Å²) in [6.45, 7) is 0. The van der Waals surface area contributed by atoms with Crippen LogP contribution >= 0.6 is 0 Å². The standard InChI is InChI=1S/C9H12O3S/c10-6-2-1-4-9-5-3-7-13(11,12)8-9/h6,9H,3-5,7-8H2. The van der Waals surface area contributed by atoms with E-state index in [2.05, 4.69) is 11.8 Å². The van der Waals surface area contributed by atoms with Crippen molar-refractivity contribution in [3.8, 4) is 11.8 Å². The summed E-state index contributed by atoms with van der Waals surface area (Å²) in [5, 5.41) is 0. The molecule has 0 bridgehead atoms. The Labute approximate surface area is 78.4 Å². The Morgan fingerprint density at radius 3 is 2.85 bits per heavy atom. The Balaban J connectivity index is 2.48. The van der Waals surface area contributed by atoms with Gasteiger partial charge < -0.3 is 0 Å². The molecule has 0 aliphatic carbocycles. The van der Waals surface area contributed by atoms with Gasteiger partial charge in [-0.25, -0.2) is 8.42 Å². The van der Waals surface area contributed by atoms with Gasteiger partial charge in [-0.15, -0.1) is 0 Å². The SMILES string of the molecule is O=CC#CCC1CCCS(=O)(=O)C1. The van der Waals surface area contributed by atoms with Crippen molar-refractivity contribution in [2.24, 2.45) is 5.92 Å². The summed E-state index contributed by atoms with van der Waals surface area (Å²) in [5.74, 6) is 5.64. The fraction of sp³-hybridized carbons (Fsp3) is 0.667. The molecule has 0 saturated carbocycles. The van der Waals surface area contributed by atoms with Crippen LogP contribution in [-0.4, -0.2) is 26.2 Å². The lowest BCUT2D eigenvalue weighted by atomic mass is 10.0. The smallest absolute Gasteiger partial charge is 0.192 e. The maximum atomic E-state index is 11.2. The zero-order chi connectivity index (χ0) is 9.73. The molecular weight excluding hydrogens is 188 g/mol. The highest BCUT2D eigenvalue weighted by Gasteiger charge is 2.23. The minimum Gasteiger partial charge on any atom is -0.289 e. The molecule has 1 fully saturated rings. The number of carbonyl (C=O) groups is 1. The summed E-state index contributed by atoms with van der Waals surface area (Å²) in [7, 11) is -2.83. The van der Waals surface area contributed by atoms with Crippen LogP contribution in [0.2, 0.25) is 0 Å². The molecule has 1 aliphatic heterocycles. The number of aldehydes is 1. The number of sulfone groups is 1. The van der Waals surface area contributed by atoms with Gasteiger partial charge in [0.1, 0.15) is 0 Å². The molecule has 13 heavy (non-hydrogen) atoms. The fourth-order valence-corrected chi connectivity index (χ4v) is 3.30. The molecule has 1 aliphatic rings. The Bertz CT molecular complexity index is 332. The molecule has 0 spiro atoms. The van der Waals surface area contributed by atoms with Crippen LogP contribution in [0, 0.1) is 17.8 Å². The third kappa shape index (κ3) is 3.60. The fourth-order valence-electron chi connectivity index (χ4n) is 1.52. The van der Waals surface area contributed by atoms with Crippen LogP contribution in [0.15, 0.2) is 0 Å². The van der Waals surface area contributed by atoms with Gasteiger partial charge in [0.25, 0.3) is 0 Å². The highest BCUT2D eigenvalue weighted by Crippen LogP contribution is 2.20. The largest absolute Gasteiger partial charge is 0.289 e. The number of rotatable bonds is 1. The second-order valence-corrected chi connectivity index (χ2v) is 5.49. The van der Waals surface area contributed by atoms with E-state index in [9.17, 15) is 13.2 Å². The molecule has 0 aromatic heterocycles. The number of carbonyl (C=O) groups excluding carboxylic acids is 1. The monoisotopic (exact) mass is 200 g/mol. The van der Waals surface area contributed by atoms with Crippen LogP contribution in [0.5, 0.6) is 0 Å². The average molecular weight is 200 g/mol. The second kappa shape index (κ2) is 4.43. The van der Waals surface area contributed by atoms with Crippen molar-refractivity contribution < 1.29 is 13.2 Å². The summed E-state index contributed by atoms with van der Waals surface area (Å²) in [4.78, 5) is 9.88. The predicted octanol–water partition coefficient (Wildman–Crippen LogP) is 0.404. The number of hydrogen-bond acceptors (Lipinski definition) is 3. The van der Waals surface area contributed by atoms with Gasteiger partial charge in [0, 0.05) is 6.42 Å². The summed E-state index contributed by atoms with van der Waals surface area (Å²) < 4.78 is 22.4. The van der Waals surface area contributed by atoms with Gasteiger partial charge in [0.2, 0.25) is 0 Å². The van der Waals surface area contributed by atoms with Crippen molar-refractivity contribution in [3.05, 3.63) is 0 Å². The molecule has 1 rings (SSSR count). The van der Waals surface area contributed by atoms with Gasteiger partial charge in [0.15, 0.2) is 16.1 Å². The van der Waals surface area contributed by atoms with E-state index >= 15 is 0 Å². The lowest BCUT2D eigenvalue weighted by Crippen LogP contribution is -2.24. The van der Waals surface area contributed by atoms with Crippen LogP contribution in [0.25, 0.3) is 0 Å². The molecule has 1 atom stereocenters. The minimum absolute atomic E-state index is 0.131. The van der Waals surface area contributed by atoms with Gasteiger partial charge in [-0.1, -0.05) is 5.92 Å². The van der Waals surface area contributed by atoms with Crippen molar-refractivity contribution in [1.82, 2.24) is 0 Å². The summed E-state index contributed by atoms with van der Waals surface area (Å²) >= 11 is 0. The van der Waals surface area contributed by atoms with Gasteiger partial charge in [-0.3, -0.25) is 4.79 Å². The van der Waals surface area contributed by atoms with E-state index in [1.807, 2.05) is 0 Å². The first-order valence-corrected chi connectivity index (χ1v) is 6.08. The van der Waals surface area contributed by atoms with Crippen molar-refractivity contribution in [1.29, 1.82) is 0 Å². The Kier molecular flexibility index (Phi) is 3.49. The summed E-state index contributed by atoms with van der Waals surface area (Å²) in [6, 6.07) is 0. The maximum absolute atomic E-state index is 11.2.